The molecular weight excluding hydrogens is 374 g/mol. The van der Waals surface area contributed by atoms with Crippen molar-refractivity contribution in [2.45, 2.75) is 33.2 Å². The Morgan fingerprint density at radius 3 is 2.43 bits per heavy atom. The molecule has 0 spiro atoms. The number of aromatic nitrogens is 1. The van der Waals surface area contributed by atoms with Crippen molar-refractivity contribution >= 4 is 29.1 Å². The zero-order valence-corrected chi connectivity index (χ0v) is 17.2. The first-order valence-electron chi connectivity index (χ1n) is 9.43. The van der Waals surface area contributed by atoms with Crippen LogP contribution in [0.3, 0.4) is 0 Å². The van der Waals surface area contributed by atoms with Crippen molar-refractivity contribution in [1.82, 2.24) is 20.5 Å². The highest BCUT2D eigenvalue weighted by molar-refractivity contribution is 7.09. The summed E-state index contributed by atoms with van der Waals surface area (Å²) >= 11 is 1.60. The van der Waals surface area contributed by atoms with E-state index in [-0.39, 0.29) is 18.4 Å². The molecule has 0 saturated heterocycles. The second-order valence-electron chi connectivity index (χ2n) is 6.75. The lowest BCUT2D eigenvalue weighted by Gasteiger charge is -2.16. The lowest BCUT2D eigenvalue weighted by Crippen LogP contribution is -2.43. The van der Waals surface area contributed by atoms with E-state index in [0.29, 0.717) is 42.6 Å². The third-order valence-corrected chi connectivity index (χ3v) is 5.24. The van der Waals surface area contributed by atoms with Crippen LogP contribution >= 0.6 is 11.3 Å². The monoisotopic (exact) mass is 399 g/mol. The topological polar surface area (TPSA) is 86.7 Å². The molecule has 0 bridgehead atoms. The smallest absolute Gasteiger partial charge is 0.261 e. The van der Waals surface area contributed by atoms with Crippen LogP contribution in [0.2, 0.25) is 0 Å². The molecule has 0 fully saturated rings. The van der Waals surface area contributed by atoms with Crippen LogP contribution in [-0.2, 0) is 6.54 Å². The molecule has 2 aromatic rings. The summed E-state index contributed by atoms with van der Waals surface area (Å²) in [6.45, 7) is 8.13. The summed E-state index contributed by atoms with van der Waals surface area (Å²) in [6, 6.07) is 6.91. The van der Waals surface area contributed by atoms with Crippen LogP contribution in [-0.4, -0.2) is 47.3 Å². The summed E-state index contributed by atoms with van der Waals surface area (Å²) < 4.78 is 0. The minimum Gasteiger partial charge on any atom is -0.357 e. The second kappa shape index (κ2) is 8.97. The molecule has 8 heteroatoms. The molecule has 1 aromatic carbocycles. The molecule has 2 heterocycles. The molecule has 1 aliphatic rings. The number of benzene rings is 1. The highest BCUT2D eigenvalue weighted by Gasteiger charge is 2.34. The molecular formula is C20H25N5O2S. The fourth-order valence-corrected chi connectivity index (χ4v) is 3.76. The van der Waals surface area contributed by atoms with Gasteiger partial charge in [0, 0.05) is 25.0 Å². The number of hydrogen-bond acceptors (Lipinski definition) is 5. The molecule has 2 amide bonds. The van der Waals surface area contributed by atoms with E-state index in [1.165, 1.54) is 4.90 Å². The number of imide groups is 1. The summed E-state index contributed by atoms with van der Waals surface area (Å²) in [4.78, 5) is 35.2. The summed E-state index contributed by atoms with van der Waals surface area (Å²) in [5.41, 5.74) is 2.02. The van der Waals surface area contributed by atoms with E-state index in [0.717, 1.165) is 10.7 Å². The Hall–Kier alpha value is -2.74. The SMILES string of the molecule is CCNC(=NCc1nc(C(C)C)cs1)NCCN1C(=O)c2ccccc2C1=O. The Kier molecular flexibility index (Phi) is 6.41. The number of thiazole rings is 1. The van der Waals surface area contributed by atoms with E-state index in [4.69, 9.17) is 0 Å². The second-order valence-corrected chi connectivity index (χ2v) is 7.69. The zero-order valence-electron chi connectivity index (χ0n) is 16.4. The molecule has 148 valence electrons. The lowest BCUT2D eigenvalue weighted by molar-refractivity contribution is 0.0657. The average Bonchev–Trinajstić information content (AvgIpc) is 3.26. The fraction of sp³-hybridized carbons (Fsp3) is 0.400. The van der Waals surface area contributed by atoms with Gasteiger partial charge in [0.15, 0.2) is 5.96 Å². The number of guanidine groups is 1. The van der Waals surface area contributed by atoms with Gasteiger partial charge in [-0.05, 0) is 25.0 Å². The summed E-state index contributed by atoms with van der Waals surface area (Å²) in [5, 5.41) is 9.39. The van der Waals surface area contributed by atoms with Crippen molar-refractivity contribution in [1.29, 1.82) is 0 Å². The van der Waals surface area contributed by atoms with Crippen LogP contribution in [0, 0.1) is 0 Å². The molecule has 0 aliphatic carbocycles. The van der Waals surface area contributed by atoms with Gasteiger partial charge in [-0.2, -0.15) is 0 Å². The number of fused-ring (bicyclic) bond motifs is 1. The van der Waals surface area contributed by atoms with Crippen molar-refractivity contribution in [3.63, 3.8) is 0 Å². The third kappa shape index (κ3) is 4.39. The first-order chi connectivity index (χ1) is 13.5. The Morgan fingerprint density at radius 2 is 1.86 bits per heavy atom. The maximum atomic E-state index is 12.4. The molecule has 1 aliphatic heterocycles. The van der Waals surface area contributed by atoms with Gasteiger partial charge < -0.3 is 10.6 Å². The quantitative estimate of drug-likeness (QED) is 0.425. The lowest BCUT2D eigenvalue weighted by atomic mass is 10.1. The molecule has 1 aromatic heterocycles. The molecule has 3 rings (SSSR count). The highest BCUT2D eigenvalue weighted by atomic mass is 32.1. The van der Waals surface area contributed by atoms with Crippen LogP contribution in [0.1, 0.15) is 58.1 Å². The molecule has 0 atom stereocenters. The van der Waals surface area contributed by atoms with Crippen LogP contribution in [0.15, 0.2) is 34.6 Å². The largest absolute Gasteiger partial charge is 0.357 e. The Bertz CT molecular complexity index is 855. The standard InChI is InChI=1S/C20H25N5O2S/c1-4-21-20(23-11-17-24-16(12-28-17)13(2)3)22-9-10-25-18(26)14-7-5-6-8-15(14)19(25)27/h5-8,12-13H,4,9-11H2,1-3H3,(H2,21,22,23). The number of amides is 2. The van der Waals surface area contributed by atoms with Crippen LogP contribution in [0.25, 0.3) is 0 Å². The Morgan fingerprint density at radius 1 is 1.18 bits per heavy atom. The average molecular weight is 400 g/mol. The first-order valence-corrected chi connectivity index (χ1v) is 10.3. The van der Waals surface area contributed by atoms with E-state index in [9.17, 15) is 9.59 Å². The Balaban J connectivity index is 1.56. The minimum atomic E-state index is -0.242. The Labute approximate surface area is 168 Å². The van der Waals surface area contributed by atoms with Crippen LogP contribution < -0.4 is 10.6 Å². The van der Waals surface area contributed by atoms with Gasteiger partial charge in [0.05, 0.1) is 23.4 Å². The predicted molar refractivity (Wildman–Crippen MR) is 111 cm³/mol. The summed E-state index contributed by atoms with van der Waals surface area (Å²) in [5.74, 6) is 0.557. The number of carbonyl (C=O) groups excluding carboxylic acids is 2. The zero-order chi connectivity index (χ0) is 20.1. The molecule has 28 heavy (non-hydrogen) atoms. The molecule has 0 saturated carbocycles. The van der Waals surface area contributed by atoms with Crippen LogP contribution in [0.4, 0.5) is 0 Å². The highest BCUT2D eigenvalue weighted by Crippen LogP contribution is 2.21. The van der Waals surface area contributed by atoms with Crippen molar-refractivity contribution in [3.05, 3.63) is 51.5 Å². The minimum absolute atomic E-state index is 0.242. The molecule has 0 radical (unpaired) electrons. The van der Waals surface area contributed by atoms with Gasteiger partial charge in [0.2, 0.25) is 0 Å². The van der Waals surface area contributed by atoms with Gasteiger partial charge >= 0.3 is 0 Å². The summed E-state index contributed by atoms with van der Waals surface area (Å²) in [7, 11) is 0. The van der Waals surface area contributed by atoms with E-state index in [1.54, 1.807) is 35.6 Å². The molecule has 7 nitrogen and oxygen atoms in total. The van der Waals surface area contributed by atoms with Crippen molar-refractivity contribution < 1.29 is 9.59 Å². The van der Waals surface area contributed by atoms with E-state index < -0.39 is 0 Å². The summed E-state index contributed by atoms with van der Waals surface area (Å²) in [6.07, 6.45) is 0. The number of hydrogen-bond donors (Lipinski definition) is 2. The first kappa shape index (κ1) is 20.0. The van der Waals surface area contributed by atoms with E-state index >= 15 is 0 Å². The van der Waals surface area contributed by atoms with Gasteiger partial charge in [0.1, 0.15) is 5.01 Å². The van der Waals surface area contributed by atoms with E-state index in [1.807, 2.05) is 6.92 Å². The maximum absolute atomic E-state index is 12.4. The number of nitrogens with one attached hydrogen (secondary N) is 2. The van der Waals surface area contributed by atoms with Gasteiger partial charge in [-0.25, -0.2) is 9.98 Å². The predicted octanol–water partition coefficient (Wildman–Crippen LogP) is 2.62. The third-order valence-electron chi connectivity index (χ3n) is 4.38. The molecule has 2 N–H and O–H groups in total. The van der Waals surface area contributed by atoms with Crippen molar-refractivity contribution in [2.24, 2.45) is 4.99 Å². The van der Waals surface area contributed by atoms with Gasteiger partial charge in [-0.3, -0.25) is 14.5 Å². The van der Waals surface area contributed by atoms with Crippen LogP contribution in [0.5, 0.6) is 0 Å². The molecule has 0 unspecified atom stereocenters. The van der Waals surface area contributed by atoms with Gasteiger partial charge in [-0.1, -0.05) is 26.0 Å². The number of carbonyl (C=O) groups is 2. The van der Waals surface area contributed by atoms with Crippen molar-refractivity contribution in [2.75, 3.05) is 19.6 Å². The van der Waals surface area contributed by atoms with Crippen molar-refractivity contribution in [3.8, 4) is 0 Å². The number of aliphatic imine (C=N–C) groups is 1. The maximum Gasteiger partial charge on any atom is 0.261 e. The van der Waals surface area contributed by atoms with Gasteiger partial charge in [0.25, 0.3) is 11.8 Å². The van der Waals surface area contributed by atoms with Gasteiger partial charge in [-0.15, -0.1) is 11.3 Å². The fourth-order valence-electron chi connectivity index (χ4n) is 2.88. The van der Waals surface area contributed by atoms with E-state index in [2.05, 4.69) is 39.8 Å². The normalized spacial score (nSPS) is 14.0. The number of nitrogens with zero attached hydrogens (tertiary/aromatic N) is 3. The number of rotatable bonds is 7.